The van der Waals surface area contributed by atoms with Crippen molar-refractivity contribution in [1.29, 1.82) is 0 Å². The van der Waals surface area contributed by atoms with Crippen molar-refractivity contribution in [2.75, 3.05) is 75.2 Å². The molecule has 1 aromatic heterocycles. The molecular weight excluding hydrogens is 394 g/mol. The monoisotopic (exact) mass is 427 g/mol. The predicted molar refractivity (Wildman–Crippen MR) is 112 cm³/mol. The Kier molecular flexibility index (Phi) is 9.50. The number of morpholine rings is 1. The van der Waals surface area contributed by atoms with Gasteiger partial charge in [0, 0.05) is 51.4 Å². The summed E-state index contributed by atoms with van der Waals surface area (Å²) in [5.74, 6) is 1.76. The Morgan fingerprint density at radius 2 is 2.03 bits per heavy atom. The van der Waals surface area contributed by atoms with E-state index in [9.17, 15) is 10.2 Å². The summed E-state index contributed by atoms with van der Waals surface area (Å²) in [6.07, 6.45) is 1.50. The summed E-state index contributed by atoms with van der Waals surface area (Å²) in [6.45, 7) is 4.23. The molecule has 0 aliphatic carbocycles. The molecule has 2 saturated heterocycles. The second kappa shape index (κ2) is 11.8. The third-order valence-electron chi connectivity index (χ3n) is 5.56. The normalized spacial score (nSPS) is 24.2. The zero-order chi connectivity index (χ0) is 22.0. The Morgan fingerprint density at radius 1 is 1.33 bits per heavy atom. The summed E-state index contributed by atoms with van der Waals surface area (Å²) >= 11 is 0. The molecule has 5 N–H and O–H groups in total. The molecule has 11 heteroatoms. The minimum atomic E-state index is -0.588. The average molecular weight is 428 g/mol. The molecule has 1 aromatic rings. The lowest BCUT2D eigenvalue weighted by Crippen LogP contribution is -2.54. The number of hydrogen-bond acceptors (Lipinski definition) is 10. The van der Waals surface area contributed by atoms with Gasteiger partial charge < -0.3 is 40.3 Å². The number of methoxy groups -OCH3 is 1. The van der Waals surface area contributed by atoms with E-state index >= 15 is 0 Å². The van der Waals surface area contributed by atoms with Crippen molar-refractivity contribution in [3.05, 3.63) is 6.07 Å². The van der Waals surface area contributed by atoms with Crippen LogP contribution in [0.15, 0.2) is 6.07 Å². The van der Waals surface area contributed by atoms with Crippen molar-refractivity contribution in [3.8, 4) is 0 Å². The largest absolute Gasteiger partial charge is 0.483 e. The molecule has 2 fully saturated rings. The Labute approximate surface area is 176 Å². The Hall–Kier alpha value is -2.21. The molecule has 3 rings (SSSR count). The molecule has 3 heterocycles. The number of rotatable bonds is 7. The maximum absolute atomic E-state index is 10.6. The van der Waals surface area contributed by atoms with Crippen LogP contribution >= 0.6 is 0 Å². The minimum absolute atomic E-state index is 0.0781. The maximum Gasteiger partial charge on any atom is 0.290 e. The number of carbonyl (C=O) groups is 1. The number of ether oxygens (including phenoxy) is 2. The smallest absolute Gasteiger partial charge is 0.290 e. The lowest BCUT2D eigenvalue weighted by molar-refractivity contribution is -0.122. The molecule has 0 saturated carbocycles. The van der Waals surface area contributed by atoms with Gasteiger partial charge in [0.05, 0.1) is 25.9 Å². The first-order chi connectivity index (χ1) is 14.5. The zero-order valence-corrected chi connectivity index (χ0v) is 17.4. The van der Waals surface area contributed by atoms with Gasteiger partial charge in [-0.2, -0.15) is 9.97 Å². The SMILES string of the molecule is COCCC[C@@]1(CO)CN(c2cc(N)nc(N3CCOCC3)n2)CC[C@H]1O.O=CO. The summed E-state index contributed by atoms with van der Waals surface area (Å²) in [6, 6.07) is 1.76. The topological polar surface area (TPSA) is 154 Å². The van der Waals surface area contributed by atoms with Crippen molar-refractivity contribution in [1.82, 2.24) is 9.97 Å². The summed E-state index contributed by atoms with van der Waals surface area (Å²) < 4.78 is 10.5. The molecule has 11 nitrogen and oxygen atoms in total. The standard InChI is InChI=1S/C18H31N5O4.CH2O2/c1-26-8-2-4-18(13-24)12-23(5-3-14(18)25)16-11-15(19)20-17(21-16)22-6-9-27-10-7-22;2-1-3/h11,14,24-25H,2-10,12-13H2,1H3,(H2,19,20,21);1H,(H,2,3)/t14-,18+;/m1./s1. The van der Waals surface area contributed by atoms with Gasteiger partial charge in [0.1, 0.15) is 11.6 Å². The number of aromatic nitrogens is 2. The van der Waals surface area contributed by atoms with E-state index in [1.165, 1.54) is 0 Å². The van der Waals surface area contributed by atoms with Crippen molar-refractivity contribution in [2.24, 2.45) is 5.41 Å². The Balaban J connectivity index is 0.00000101. The van der Waals surface area contributed by atoms with Crippen molar-refractivity contribution >= 4 is 24.1 Å². The highest BCUT2D eigenvalue weighted by molar-refractivity contribution is 5.53. The fraction of sp³-hybridized carbons (Fsp3) is 0.737. The van der Waals surface area contributed by atoms with Crippen LogP contribution in [-0.4, -0.2) is 97.6 Å². The first kappa shape index (κ1) is 24.1. The second-order valence-electron chi connectivity index (χ2n) is 7.50. The molecule has 0 bridgehead atoms. The Morgan fingerprint density at radius 3 is 2.67 bits per heavy atom. The Bertz CT molecular complexity index is 660. The summed E-state index contributed by atoms with van der Waals surface area (Å²) in [5.41, 5.74) is 5.46. The van der Waals surface area contributed by atoms with Gasteiger partial charge in [0.15, 0.2) is 0 Å². The second-order valence-corrected chi connectivity index (χ2v) is 7.50. The summed E-state index contributed by atoms with van der Waals surface area (Å²) in [4.78, 5) is 21.6. The van der Waals surface area contributed by atoms with Gasteiger partial charge in [-0.15, -0.1) is 0 Å². The molecule has 2 aliphatic rings. The van der Waals surface area contributed by atoms with E-state index in [0.717, 1.165) is 25.3 Å². The van der Waals surface area contributed by atoms with E-state index in [1.54, 1.807) is 13.2 Å². The van der Waals surface area contributed by atoms with Crippen LogP contribution in [0.4, 0.5) is 17.6 Å². The average Bonchev–Trinajstić information content (AvgIpc) is 2.76. The number of nitrogen functional groups attached to an aromatic ring is 1. The quantitative estimate of drug-likeness (QED) is 0.331. The van der Waals surface area contributed by atoms with Gasteiger partial charge in [-0.25, -0.2) is 0 Å². The summed E-state index contributed by atoms with van der Waals surface area (Å²) in [5, 5.41) is 27.6. The van der Waals surface area contributed by atoms with Crippen LogP contribution in [-0.2, 0) is 14.3 Å². The van der Waals surface area contributed by atoms with Gasteiger partial charge >= 0.3 is 0 Å². The number of nitrogens with zero attached hydrogens (tertiary/aromatic N) is 4. The van der Waals surface area contributed by atoms with Gasteiger partial charge in [-0.05, 0) is 19.3 Å². The molecule has 2 atom stereocenters. The fourth-order valence-electron chi connectivity index (χ4n) is 3.90. The van der Waals surface area contributed by atoms with Gasteiger partial charge in [-0.1, -0.05) is 0 Å². The number of anilines is 3. The van der Waals surface area contributed by atoms with E-state index in [2.05, 4.69) is 14.8 Å². The molecule has 0 aromatic carbocycles. The van der Waals surface area contributed by atoms with Gasteiger partial charge in [0.25, 0.3) is 6.47 Å². The fourth-order valence-corrected chi connectivity index (χ4v) is 3.90. The number of piperidine rings is 1. The number of carboxylic acid groups (broad SMARTS) is 1. The van der Waals surface area contributed by atoms with E-state index in [-0.39, 0.29) is 13.1 Å². The molecule has 0 radical (unpaired) electrons. The number of nitrogens with two attached hydrogens (primary N) is 1. The minimum Gasteiger partial charge on any atom is -0.483 e. The van der Waals surface area contributed by atoms with Crippen LogP contribution in [0.3, 0.4) is 0 Å². The van der Waals surface area contributed by atoms with E-state index in [0.29, 0.717) is 57.5 Å². The predicted octanol–water partition coefficient (Wildman–Crippen LogP) is -0.427. The van der Waals surface area contributed by atoms with E-state index in [1.807, 2.05) is 0 Å². The van der Waals surface area contributed by atoms with Crippen LogP contribution in [0, 0.1) is 5.41 Å². The highest BCUT2D eigenvalue weighted by atomic mass is 16.5. The molecule has 2 aliphatic heterocycles. The van der Waals surface area contributed by atoms with E-state index < -0.39 is 11.5 Å². The molecule has 30 heavy (non-hydrogen) atoms. The zero-order valence-electron chi connectivity index (χ0n) is 17.4. The van der Waals surface area contributed by atoms with Gasteiger partial charge in [0.2, 0.25) is 5.95 Å². The number of aliphatic hydroxyl groups excluding tert-OH is 2. The van der Waals surface area contributed by atoms with Crippen molar-refractivity contribution in [2.45, 2.75) is 25.4 Å². The number of hydrogen-bond donors (Lipinski definition) is 4. The van der Waals surface area contributed by atoms with Crippen LogP contribution in [0.2, 0.25) is 0 Å². The third-order valence-corrected chi connectivity index (χ3v) is 5.56. The molecule has 170 valence electrons. The van der Waals surface area contributed by atoms with Crippen molar-refractivity contribution < 1.29 is 29.6 Å². The molecule has 0 unspecified atom stereocenters. The van der Waals surface area contributed by atoms with Crippen LogP contribution in [0.1, 0.15) is 19.3 Å². The first-order valence-corrected chi connectivity index (χ1v) is 10.1. The van der Waals surface area contributed by atoms with Crippen molar-refractivity contribution in [3.63, 3.8) is 0 Å². The lowest BCUT2D eigenvalue weighted by atomic mass is 9.74. The highest BCUT2D eigenvalue weighted by Crippen LogP contribution is 2.36. The number of aliphatic hydroxyl groups is 2. The highest BCUT2D eigenvalue weighted by Gasteiger charge is 2.42. The molecule has 0 amide bonds. The van der Waals surface area contributed by atoms with E-state index in [4.69, 9.17) is 30.1 Å². The lowest BCUT2D eigenvalue weighted by Gasteiger charge is -2.46. The first-order valence-electron chi connectivity index (χ1n) is 10.1. The molecule has 0 spiro atoms. The maximum atomic E-state index is 10.6. The molecular formula is C19H33N5O6. The summed E-state index contributed by atoms with van der Waals surface area (Å²) in [7, 11) is 1.66. The van der Waals surface area contributed by atoms with Gasteiger partial charge in [-0.3, -0.25) is 4.79 Å². The van der Waals surface area contributed by atoms with Crippen LogP contribution in [0.5, 0.6) is 0 Å². The van der Waals surface area contributed by atoms with Crippen LogP contribution < -0.4 is 15.5 Å². The van der Waals surface area contributed by atoms with Crippen LogP contribution in [0.25, 0.3) is 0 Å². The third kappa shape index (κ3) is 6.14.